The minimum Gasteiger partial charge on any atom is -0.467 e. The van der Waals surface area contributed by atoms with Crippen LogP contribution >= 0.6 is 22.6 Å². The predicted molar refractivity (Wildman–Crippen MR) is 103 cm³/mol. The number of para-hydroxylation sites is 1. The van der Waals surface area contributed by atoms with Gasteiger partial charge in [0, 0.05) is 9.13 Å². The van der Waals surface area contributed by atoms with Crippen LogP contribution in [-0.2, 0) is 6.54 Å². The lowest BCUT2D eigenvalue weighted by atomic mass is 10.1. The minimum absolute atomic E-state index is 0.261. The van der Waals surface area contributed by atoms with Crippen molar-refractivity contribution < 1.29 is 14.0 Å². The van der Waals surface area contributed by atoms with E-state index in [0.29, 0.717) is 22.6 Å². The number of halogens is 1. The SMILES string of the molecule is O=C(Nc1ccccc1C(=O)NCc1ccco1)c1ccc(I)cc1. The summed E-state index contributed by atoms with van der Waals surface area (Å²) in [5, 5.41) is 5.57. The molecule has 0 aliphatic rings. The second-order valence-corrected chi connectivity index (χ2v) is 6.51. The third-order valence-electron chi connectivity index (χ3n) is 3.53. The summed E-state index contributed by atoms with van der Waals surface area (Å²) in [7, 11) is 0. The molecule has 126 valence electrons. The van der Waals surface area contributed by atoms with Gasteiger partial charge in [0.25, 0.3) is 11.8 Å². The Morgan fingerprint density at radius 3 is 2.40 bits per heavy atom. The van der Waals surface area contributed by atoms with Gasteiger partial charge in [0.2, 0.25) is 0 Å². The Balaban J connectivity index is 1.72. The fourth-order valence-corrected chi connectivity index (χ4v) is 2.62. The summed E-state index contributed by atoms with van der Waals surface area (Å²) in [5.41, 5.74) is 1.39. The number of benzene rings is 2. The minimum atomic E-state index is -0.282. The van der Waals surface area contributed by atoms with Crippen LogP contribution in [-0.4, -0.2) is 11.8 Å². The lowest BCUT2D eigenvalue weighted by Gasteiger charge is -2.11. The summed E-state index contributed by atoms with van der Waals surface area (Å²) in [6.07, 6.45) is 1.55. The lowest BCUT2D eigenvalue weighted by Crippen LogP contribution is -2.24. The van der Waals surface area contributed by atoms with Gasteiger partial charge in [-0.15, -0.1) is 0 Å². The first-order chi connectivity index (χ1) is 12.1. The van der Waals surface area contributed by atoms with E-state index in [9.17, 15) is 9.59 Å². The van der Waals surface area contributed by atoms with Crippen molar-refractivity contribution in [1.82, 2.24) is 5.32 Å². The first-order valence-corrected chi connectivity index (χ1v) is 8.68. The standard InChI is InChI=1S/C19H15IN2O3/c20-14-9-7-13(8-10-14)18(23)22-17-6-2-1-5-16(17)19(24)21-12-15-4-3-11-25-15/h1-11H,12H2,(H,21,24)(H,22,23). The lowest BCUT2D eigenvalue weighted by molar-refractivity contribution is 0.0949. The van der Waals surface area contributed by atoms with E-state index in [0.717, 1.165) is 3.57 Å². The average molecular weight is 446 g/mol. The molecule has 5 nitrogen and oxygen atoms in total. The van der Waals surface area contributed by atoms with E-state index in [4.69, 9.17) is 4.42 Å². The summed E-state index contributed by atoms with van der Waals surface area (Å²) >= 11 is 2.18. The zero-order chi connectivity index (χ0) is 17.6. The Bertz CT molecular complexity index is 874. The Morgan fingerprint density at radius 1 is 0.920 bits per heavy atom. The first kappa shape index (κ1) is 17.2. The van der Waals surface area contributed by atoms with Crippen LogP contribution in [0.1, 0.15) is 26.5 Å². The van der Waals surface area contributed by atoms with Gasteiger partial charge >= 0.3 is 0 Å². The zero-order valence-corrected chi connectivity index (χ0v) is 15.3. The van der Waals surface area contributed by atoms with Crippen LogP contribution in [0.5, 0.6) is 0 Å². The molecular formula is C19H15IN2O3. The molecule has 6 heteroatoms. The van der Waals surface area contributed by atoms with E-state index in [1.807, 2.05) is 12.1 Å². The highest BCUT2D eigenvalue weighted by molar-refractivity contribution is 14.1. The van der Waals surface area contributed by atoms with E-state index in [2.05, 4.69) is 33.2 Å². The third kappa shape index (κ3) is 4.48. The van der Waals surface area contributed by atoms with Crippen molar-refractivity contribution in [3.05, 3.63) is 87.4 Å². The van der Waals surface area contributed by atoms with Crippen LogP contribution in [0.25, 0.3) is 0 Å². The summed E-state index contributed by atoms with van der Waals surface area (Å²) < 4.78 is 6.24. The Morgan fingerprint density at radius 2 is 1.68 bits per heavy atom. The van der Waals surface area contributed by atoms with Crippen LogP contribution in [0.4, 0.5) is 5.69 Å². The molecule has 0 saturated heterocycles. The van der Waals surface area contributed by atoms with Gasteiger partial charge in [-0.3, -0.25) is 9.59 Å². The molecule has 1 aromatic heterocycles. The van der Waals surface area contributed by atoms with Crippen LogP contribution in [0.2, 0.25) is 0 Å². The van der Waals surface area contributed by atoms with Crippen molar-refractivity contribution in [1.29, 1.82) is 0 Å². The van der Waals surface area contributed by atoms with Gasteiger partial charge in [0.05, 0.1) is 24.1 Å². The summed E-state index contributed by atoms with van der Waals surface area (Å²) in [4.78, 5) is 24.8. The summed E-state index contributed by atoms with van der Waals surface area (Å²) in [6.45, 7) is 0.283. The second-order valence-electron chi connectivity index (χ2n) is 5.27. The molecule has 3 aromatic rings. The molecule has 0 atom stereocenters. The van der Waals surface area contributed by atoms with E-state index < -0.39 is 0 Å². The molecule has 0 bridgehead atoms. The zero-order valence-electron chi connectivity index (χ0n) is 13.2. The topological polar surface area (TPSA) is 71.3 Å². The molecule has 0 aliphatic carbocycles. The maximum absolute atomic E-state index is 12.4. The Hall–Kier alpha value is -2.61. The van der Waals surface area contributed by atoms with Gasteiger partial charge in [-0.1, -0.05) is 12.1 Å². The van der Waals surface area contributed by atoms with Crippen LogP contribution in [0, 0.1) is 3.57 Å². The second kappa shape index (κ2) is 7.98. The quantitative estimate of drug-likeness (QED) is 0.581. The first-order valence-electron chi connectivity index (χ1n) is 7.60. The molecule has 1 heterocycles. The van der Waals surface area contributed by atoms with Gasteiger partial charge in [-0.05, 0) is 71.1 Å². The highest BCUT2D eigenvalue weighted by Gasteiger charge is 2.14. The van der Waals surface area contributed by atoms with E-state index in [1.54, 1.807) is 54.8 Å². The van der Waals surface area contributed by atoms with Gasteiger partial charge in [-0.25, -0.2) is 0 Å². The number of carbonyl (C=O) groups is 2. The number of amides is 2. The number of hydrogen-bond donors (Lipinski definition) is 2. The molecule has 2 N–H and O–H groups in total. The predicted octanol–water partition coefficient (Wildman–Crippen LogP) is 4.07. The number of rotatable bonds is 5. The van der Waals surface area contributed by atoms with E-state index in [1.165, 1.54) is 0 Å². The molecule has 0 radical (unpaired) electrons. The molecular weight excluding hydrogens is 431 g/mol. The van der Waals surface area contributed by atoms with Gasteiger partial charge in [-0.2, -0.15) is 0 Å². The normalized spacial score (nSPS) is 10.3. The van der Waals surface area contributed by atoms with Crippen LogP contribution in [0.3, 0.4) is 0 Å². The summed E-state index contributed by atoms with van der Waals surface area (Å²) in [6, 6.07) is 17.6. The van der Waals surface area contributed by atoms with Crippen molar-refractivity contribution in [2.75, 3.05) is 5.32 Å². The highest BCUT2D eigenvalue weighted by atomic mass is 127. The number of furan rings is 1. The smallest absolute Gasteiger partial charge is 0.255 e. The fourth-order valence-electron chi connectivity index (χ4n) is 2.26. The maximum Gasteiger partial charge on any atom is 0.255 e. The molecule has 0 aliphatic heterocycles. The Kier molecular flexibility index (Phi) is 5.49. The average Bonchev–Trinajstić information content (AvgIpc) is 3.14. The summed E-state index contributed by atoms with van der Waals surface area (Å²) in [5.74, 6) is 0.117. The number of anilines is 1. The van der Waals surface area contributed by atoms with Crippen molar-refractivity contribution in [3.8, 4) is 0 Å². The third-order valence-corrected chi connectivity index (χ3v) is 4.25. The number of carbonyl (C=O) groups excluding carboxylic acids is 2. The van der Waals surface area contributed by atoms with Crippen molar-refractivity contribution in [2.45, 2.75) is 6.54 Å². The number of nitrogens with one attached hydrogen (secondary N) is 2. The number of hydrogen-bond acceptors (Lipinski definition) is 3. The van der Waals surface area contributed by atoms with E-state index >= 15 is 0 Å². The molecule has 25 heavy (non-hydrogen) atoms. The largest absolute Gasteiger partial charge is 0.467 e. The molecule has 2 aromatic carbocycles. The van der Waals surface area contributed by atoms with Gasteiger partial charge in [0.1, 0.15) is 5.76 Å². The van der Waals surface area contributed by atoms with Gasteiger partial charge in [0.15, 0.2) is 0 Å². The Labute approximate surface area is 158 Å². The van der Waals surface area contributed by atoms with Crippen molar-refractivity contribution in [2.24, 2.45) is 0 Å². The molecule has 3 rings (SSSR count). The van der Waals surface area contributed by atoms with Gasteiger partial charge < -0.3 is 15.1 Å². The van der Waals surface area contributed by atoms with Crippen molar-refractivity contribution in [3.63, 3.8) is 0 Å². The monoisotopic (exact) mass is 446 g/mol. The molecule has 2 amide bonds. The van der Waals surface area contributed by atoms with E-state index in [-0.39, 0.29) is 18.4 Å². The molecule has 0 fully saturated rings. The molecule has 0 unspecified atom stereocenters. The molecule has 0 spiro atoms. The van der Waals surface area contributed by atoms with Crippen molar-refractivity contribution >= 4 is 40.1 Å². The van der Waals surface area contributed by atoms with Crippen LogP contribution in [0.15, 0.2) is 71.3 Å². The maximum atomic E-state index is 12.4. The molecule has 0 saturated carbocycles. The van der Waals surface area contributed by atoms with Crippen LogP contribution < -0.4 is 10.6 Å². The fraction of sp³-hybridized carbons (Fsp3) is 0.0526. The highest BCUT2D eigenvalue weighted by Crippen LogP contribution is 2.17.